The molecule has 0 saturated carbocycles. The van der Waals surface area contributed by atoms with E-state index < -0.39 is 0 Å². The van der Waals surface area contributed by atoms with Gasteiger partial charge in [-0.2, -0.15) is 0 Å². The molecule has 0 radical (unpaired) electrons. The van der Waals surface area contributed by atoms with Crippen LogP contribution in [0.4, 0.5) is 5.95 Å². The Morgan fingerprint density at radius 1 is 1.41 bits per heavy atom. The van der Waals surface area contributed by atoms with Gasteiger partial charge in [-0.15, -0.1) is 0 Å². The number of aryl methyl sites for hydroxylation is 1. The first kappa shape index (κ1) is 11.8. The van der Waals surface area contributed by atoms with Crippen molar-refractivity contribution in [2.75, 3.05) is 19.5 Å². The highest BCUT2D eigenvalue weighted by Crippen LogP contribution is 2.33. The summed E-state index contributed by atoms with van der Waals surface area (Å²) in [6, 6.07) is 3.79. The van der Waals surface area contributed by atoms with Crippen molar-refractivity contribution < 1.29 is 4.74 Å². The van der Waals surface area contributed by atoms with Gasteiger partial charge in [0.15, 0.2) is 5.95 Å². The molecule has 0 unspecified atom stereocenters. The van der Waals surface area contributed by atoms with Gasteiger partial charge in [-0.1, -0.05) is 11.6 Å². The predicted octanol–water partition coefficient (Wildman–Crippen LogP) is 3.09. The Morgan fingerprint density at radius 3 is 2.76 bits per heavy atom. The fourth-order valence-corrected chi connectivity index (χ4v) is 1.78. The largest absolute Gasteiger partial charge is 0.496 e. The summed E-state index contributed by atoms with van der Waals surface area (Å²) >= 11 is 6.13. The van der Waals surface area contributed by atoms with Gasteiger partial charge in [0, 0.05) is 17.6 Å². The van der Waals surface area contributed by atoms with Gasteiger partial charge in [-0.3, -0.25) is 0 Å². The number of rotatable bonds is 3. The lowest BCUT2D eigenvalue weighted by atomic mass is 10.1. The van der Waals surface area contributed by atoms with Crippen molar-refractivity contribution >= 4 is 17.5 Å². The summed E-state index contributed by atoms with van der Waals surface area (Å²) in [5, 5.41) is 3.65. The number of hydrogen-bond acceptors (Lipinski definition) is 3. The number of anilines is 1. The number of aromatic amines is 1. The van der Waals surface area contributed by atoms with Gasteiger partial charge in [0.1, 0.15) is 5.75 Å². The molecule has 4 nitrogen and oxygen atoms in total. The minimum atomic E-state index is 0.707. The Bertz CT molecular complexity index is 537. The second kappa shape index (κ2) is 4.67. The zero-order chi connectivity index (χ0) is 12.4. The Morgan fingerprint density at radius 2 is 2.18 bits per heavy atom. The smallest absolute Gasteiger partial charge is 0.200 e. The maximum absolute atomic E-state index is 6.13. The van der Waals surface area contributed by atoms with Crippen LogP contribution in [0.3, 0.4) is 0 Å². The predicted molar refractivity (Wildman–Crippen MR) is 69.9 cm³/mol. The molecule has 0 atom stereocenters. The van der Waals surface area contributed by atoms with Gasteiger partial charge < -0.3 is 15.0 Å². The SMILES string of the molecule is CNc1ncc(-c2cc(Cl)c(C)cc2OC)[nH]1. The minimum Gasteiger partial charge on any atom is -0.496 e. The van der Waals surface area contributed by atoms with Crippen LogP contribution in [-0.4, -0.2) is 24.1 Å². The lowest BCUT2D eigenvalue weighted by Gasteiger charge is -2.09. The number of ether oxygens (including phenoxy) is 1. The Labute approximate surface area is 105 Å². The number of benzene rings is 1. The summed E-state index contributed by atoms with van der Waals surface area (Å²) in [7, 11) is 3.45. The standard InChI is InChI=1S/C12H14ClN3O/c1-7-4-11(17-3)8(5-9(7)13)10-6-15-12(14-2)16-10/h4-6H,1-3H3,(H2,14,15,16). The molecule has 90 valence electrons. The Balaban J connectivity index is 2.53. The summed E-state index contributed by atoms with van der Waals surface area (Å²) in [5.74, 6) is 1.48. The molecule has 0 aliphatic heterocycles. The molecule has 0 bridgehead atoms. The van der Waals surface area contributed by atoms with Gasteiger partial charge in [0.2, 0.25) is 0 Å². The molecular formula is C12H14ClN3O. The van der Waals surface area contributed by atoms with E-state index >= 15 is 0 Å². The van der Waals surface area contributed by atoms with E-state index in [0.29, 0.717) is 11.0 Å². The van der Waals surface area contributed by atoms with Crippen LogP contribution in [0.2, 0.25) is 5.02 Å². The van der Waals surface area contributed by atoms with Crippen molar-refractivity contribution in [3.8, 4) is 17.0 Å². The van der Waals surface area contributed by atoms with Gasteiger partial charge in [-0.05, 0) is 24.6 Å². The van der Waals surface area contributed by atoms with Crippen LogP contribution in [0.1, 0.15) is 5.56 Å². The maximum atomic E-state index is 6.13. The van der Waals surface area contributed by atoms with Crippen LogP contribution in [0.15, 0.2) is 18.3 Å². The van der Waals surface area contributed by atoms with Crippen LogP contribution in [0.5, 0.6) is 5.75 Å². The normalized spacial score (nSPS) is 10.4. The van der Waals surface area contributed by atoms with E-state index in [2.05, 4.69) is 15.3 Å². The number of nitrogens with zero attached hydrogens (tertiary/aromatic N) is 1. The average molecular weight is 252 g/mol. The average Bonchev–Trinajstić information content (AvgIpc) is 2.80. The number of aromatic nitrogens is 2. The second-order valence-corrected chi connectivity index (χ2v) is 4.10. The van der Waals surface area contributed by atoms with Crippen LogP contribution < -0.4 is 10.1 Å². The molecule has 1 heterocycles. The molecule has 17 heavy (non-hydrogen) atoms. The van der Waals surface area contributed by atoms with Crippen molar-refractivity contribution in [1.82, 2.24) is 9.97 Å². The maximum Gasteiger partial charge on any atom is 0.200 e. The van der Waals surface area contributed by atoms with E-state index in [1.54, 1.807) is 13.3 Å². The third-order valence-corrected chi connectivity index (χ3v) is 2.99. The summed E-state index contributed by atoms with van der Waals surface area (Å²) in [6.07, 6.45) is 1.75. The Hall–Kier alpha value is -1.68. The number of nitrogens with one attached hydrogen (secondary N) is 2. The van der Waals surface area contributed by atoms with Crippen LogP contribution in [0.25, 0.3) is 11.3 Å². The highest BCUT2D eigenvalue weighted by atomic mass is 35.5. The quantitative estimate of drug-likeness (QED) is 0.881. The third kappa shape index (κ3) is 2.22. The van der Waals surface area contributed by atoms with E-state index in [1.165, 1.54) is 0 Å². The molecule has 0 amide bonds. The summed E-state index contributed by atoms with van der Waals surface area (Å²) in [5.41, 5.74) is 2.76. The molecule has 0 aliphatic carbocycles. The van der Waals surface area contributed by atoms with Gasteiger partial charge in [0.25, 0.3) is 0 Å². The van der Waals surface area contributed by atoms with Gasteiger partial charge in [0.05, 0.1) is 19.0 Å². The highest BCUT2D eigenvalue weighted by Gasteiger charge is 2.11. The highest BCUT2D eigenvalue weighted by molar-refractivity contribution is 6.31. The zero-order valence-corrected chi connectivity index (χ0v) is 10.7. The van der Waals surface area contributed by atoms with Gasteiger partial charge in [-0.25, -0.2) is 4.98 Å². The molecule has 0 fully saturated rings. The first-order chi connectivity index (χ1) is 8.15. The topological polar surface area (TPSA) is 49.9 Å². The van der Waals surface area contributed by atoms with Crippen LogP contribution in [-0.2, 0) is 0 Å². The van der Waals surface area contributed by atoms with E-state index in [1.807, 2.05) is 26.1 Å². The lowest BCUT2D eigenvalue weighted by Crippen LogP contribution is -1.91. The molecule has 1 aromatic heterocycles. The lowest BCUT2D eigenvalue weighted by molar-refractivity contribution is 0.416. The minimum absolute atomic E-state index is 0.707. The Kier molecular flexibility index (Phi) is 3.24. The van der Waals surface area contributed by atoms with E-state index in [0.717, 1.165) is 22.6 Å². The summed E-state index contributed by atoms with van der Waals surface area (Å²) in [4.78, 5) is 7.31. The molecule has 5 heteroatoms. The molecule has 2 aromatic rings. The molecule has 1 aromatic carbocycles. The van der Waals surface area contributed by atoms with E-state index in [-0.39, 0.29) is 0 Å². The fourth-order valence-electron chi connectivity index (χ4n) is 1.62. The van der Waals surface area contributed by atoms with Crippen molar-refractivity contribution in [2.45, 2.75) is 6.92 Å². The zero-order valence-electron chi connectivity index (χ0n) is 9.97. The molecule has 2 N–H and O–H groups in total. The first-order valence-corrected chi connectivity index (χ1v) is 5.60. The second-order valence-electron chi connectivity index (χ2n) is 3.70. The fraction of sp³-hybridized carbons (Fsp3) is 0.250. The summed E-state index contributed by atoms with van der Waals surface area (Å²) < 4.78 is 5.35. The van der Waals surface area contributed by atoms with E-state index in [9.17, 15) is 0 Å². The van der Waals surface area contributed by atoms with Crippen molar-refractivity contribution in [3.05, 3.63) is 28.9 Å². The van der Waals surface area contributed by atoms with Crippen molar-refractivity contribution in [2.24, 2.45) is 0 Å². The van der Waals surface area contributed by atoms with E-state index in [4.69, 9.17) is 16.3 Å². The van der Waals surface area contributed by atoms with Crippen LogP contribution >= 0.6 is 11.6 Å². The number of halogens is 1. The number of H-pyrrole nitrogens is 1. The number of imidazole rings is 1. The summed E-state index contributed by atoms with van der Waals surface area (Å²) in [6.45, 7) is 1.95. The molecule has 0 saturated heterocycles. The first-order valence-electron chi connectivity index (χ1n) is 5.23. The molecule has 0 spiro atoms. The molecule has 0 aliphatic rings. The van der Waals surface area contributed by atoms with Crippen molar-refractivity contribution in [1.29, 1.82) is 0 Å². The van der Waals surface area contributed by atoms with Crippen molar-refractivity contribution in [3.63, 3.8) is 0 Å². The number of hydrogen-bond donors (Lipinski definition) is 2. The molecule has 2 rings (SSSR count). The third-order valence-electron chi connectivity index (χ3n) is 2.58. The number of methoxy groups -OCH3 is 1. The van der Waals surface area contributed by atoms with Gasteiger partial charge >= 0.3 is 0 Å². The monoisotopic (exact) mass is 251 g/mol. The van der Waals surface area contributed by atoms with Crippen LogP contribution in [0, 0.1) is 6.92 Å². The molecular weight excluding hydrogens is 238 g/mol.